The monoisotopic (exact) mass is 455 g/mol. The van der Waals surface area contributed by atoms with Crippen LogP contribution in [-0.2, 0) is 11.3 Å². The van der Waals surface area contributed by atoms with Crippen molar-refractivity contribution in [1.29, 1.82) is 0 Å². The summed E-state index contributed by atoms with van der Waals surface area (Å²) in [6.07, 6.45) is 6.07. The number of amides is 1. The van der Waals surface area contributed by atoms with Crippen LogP contribution in [0.15, 0.2) is 30.5 Å². The maximum Gasteiger partial charge on any atom is 0.404 e. The van der Waals surface area contributed by atoms with Gasteiger partial charge in [0, 0.05) is 19.3 Å². The van der Waals surface area contributed by atoms with Crippen LogP contribution in [0.4, 0.5) is 21.0 Å². The molecule has 1 saturated carbocycles. The molecule has 4 N–H and O–H groups in total. The maximum atomic E-state index is 13.2. The van der Waals surface area contributed by atoms with E-state index in [-0.39, 0.29) is 18.0 Å². The van der Waals surface area contributed by atoms with Crippen LogP contribution in [0, 0.1) is 5.82 Å². The Kier molecular flexibility index (Phi) is 7.21. The van der Waals surface area contributed by atoms with E-state index in [1.54, 1.807) is 18.3 Å². The first-order valence-corrected chi connectivity index (χ1v) is 11.5. The highest BCUT2D eigenvalue weighted by Gasteiger charge is 2.27. The van der Waals surface area contributed by atoms with E-state index in [4.69, 9.17) is 20.6 Å². The second kappa shape index (κ2) is 10.5. The number of ether oxygens (including phenoxy) is 1. The fourth-order valence-corrected chi connectivity index (χ4v) is 4.13. The molecule has 1 amide bonds. The number of unbranched alkanes of at least 4 members (excludes halogenated alkanes) is 1. The zero-order valence-electron chi connectivity index (χ0n) is 18.8. The van der Waals surface area contributed by atoms with Crippen LogP contribution in [0.3, 0.4) is 0 Å². The minimum atomic E-state index is -0.731. The van der Waals surface area contributed by atoms with E-state index in [0.29, 0.717) is 18.3 Å². The van der Waals surface area contributed by atoms with Gasteiger partial charge in [-0.1, -0.05) is 25.5 Å². The molecule has 1 aliphatic carbocycles. The first kappa shape index (κ1) is 22.8. The number of nitrogens with zero attached hydrogens (tertiary/aromatic N) is 4. The molecule has 9 nitrogen and oxygen atoms in total. The Morgan fingerprint density at radius 2 is 1.97 bits per heavy atom. The van der Waals surface area contributed by atoms with Crippen LogP contribution in [0.5, 0.6) is 0 Å². The SMILES string of the molecule is CCCCNc1ncc2c(NCc3ccc(F)cc3)nn(C3CCC(OC(N)=O)CC3)c2n1. The van der Waals surface area contributed by atoms with Gasteiger partial charge in [0.1, 0.15) is 11.9 Å². The lowest BCUT2D eigenvalue weighted by atomic mass is 9.93. The summed E-state index contributed by atoms with van der Waals surface area (Å²) >= 11 is 0. The van der Waals surface area contributed by atoms with Crippen LogP contribution in [0.2, 0.25) is 0 Å². The number of primary amides is 1. The molecular weight excluding hydrogens is 425 g/mol. The first-order chi connectivity index (χ1) is 16.0. The van der Waals surface area contributed by atoms with Gasteiger partial charge in [0.25, 0.3) is 0 Å². The van der Waals surface area contributed by atoms with Crippen LogP contribution >= 0.6 is 0 Å². The Morgan fingerprint density at radius 1 is 1.21 bits per heavy atom. The second-order valence-electron chi connectivity index (χ2n) is 8.35. The van der Waals surface area contributed by atoms with E-state index >= 15 is 0 Å². The molecule has 2 aromatic heterocycles. The third-order valence-electron chi connectivity index (χ3n) is 5.91. The fraction of sp³-hybridized carbons (Fsp3) is 0.478. The topological polar surface area (TPSA) is 120 Å². The zero-order valence-corrected chi connectivity index (χ0v) is 18.8. The number of nitrogens with two attached hydrogens (primary N) is 1. The third kappa shape index (κ3) is 5.68. The number of carbonyl (C=O) groups excluding carboxylic acids is 1. The molecule has 176 valence electrons. The average molecular weight is 456 g/mol. The molecule has 1 fully saturated rings. The Hall–Kier alpha value is -3.43. The van der Waals surface area contributed by atoms with Gasteiger partial charge in [-0.15, -0.1) is 0 Å². The molecule has 0 spiro atoms. The summed E-state index contributed by atoms with van der Waals surface area (Å²) in [4.78, 5) is 20.3. The molecule has 1 aliphatic rings. The number of nitrogens with one attached hydrogen (secondary N) is 2. The number of carbonyl (C=O) groups is 1. The van der Waals surface area contributed by atoms with E-state index in [1.165, 1.54) is 12.1 Å². The second-order valence-corrected chi connectivity index (χ2v) is 8.35. The molecule has 0 unspecified atom stereocenters. The van der Waals surface area contributed by atoms with Crippen LogP contribution in [0.25, 0.3) is 11.0 Å². The van der Waals surface area contributed by atoms with E-state index < -0.39 is 6.09 Å². The lowest BCUT2D eigenvalue weighted by Gasteiger charge is -2.28. The van der Waals surface area contributed by atoms with Crippen LogP contribution in [-0.4, -0.2) is 38.5 Å². The van der Waals surface area contributed by atoms with Crippen molar-refractivity contribution in [1.82, 2.24) is 19.7 Å². The summed E-state index contributed by atoms with van der Waals surface area (Å²) < 4.78 is 20.3. The van der Waals surface area contributed by atoms with Gasteiger partial charge in [-0.2, -0.15) is 10.1 Å². The Morgan fingerprint density at radius 3 is 2.67 bits per heavy atom. The van der Waals surface area contributed by atoms with Gasteiger partial charge in [0.15, 0.2) is 11.5 Å². The van der Waals surface area contributed by atoms with Crippen molar-refractivity contribution in [3.05, 3.63) is 41.8 Å². The molecule has 2 heterocycles. The predicted octanol–water partition coefficient (Wildman–Crippen LogP) is 4.37. The number of halogens is 1. The van der Waals surface area contributed by atoms with Crippen molar-refractivity contribution in [2.24, 2.45) is 5.73 Å². The Balaban J connectivity index is 1.57. The van der Waals surface area contributed by atoms with Crippen LogP contribution in [0.1, 0.15) is 57.1 Å². The summed E-state index contributed by atoms with van der Waals surface area (Å²) in [6.45, 7) is 3.45. The highest BCUT2D eigenvalue weighted by atomic mass is 19.1. The van der Waals surface area contributed by atoms with Crippen LogP contribution < -0.4 is 16.4 Å². The van der Waals surface area contributed by atoms with Crippen molar-refractivity contribution in [3.63, 3.8) is 0 Å². The number of rotatable bonds is 9. The molecule has 0 saturated heterocycles. The molecule has 10 heteroatoms. The number of fused-ring (bicyclic) bond motifs is 1. The molecule has 0 bridgehead atoms. The number of hydrogen-bond acceptors (Lipinski definition) is 7. The quantitative estimate of drug-likeness (QED) is 0.410. The van der Waals surface area contributed by atoms with Crippen molar-refractivity contribution in [2.45, 2.75) is 64.1 Å². The molecule has 0 atom stereocenters. The fourth-order valence-electron chi connectivity index (χ4n) is 4.13. The minimum Gasteiger partial charge on any atom is -0.446 e. The lowest BCUT2D eigenvalue weighted by molar-refractivity contribution is 0.0714. The van der Waals surface area contributed by atoms with Gasteiger partial charge >= 0.3 is 6.09 Å². The highest BCUT2D eigenvalue weighted by Crippen LogP contribution is 2.34. The maximum absolute atomic E-state index is 13.2. The van der Waals surface area contributed by atoms with Crippen molar-refractivity contribution in [2.75, 3.05) is 17.2 Å². The van der Waals surface area contributed by atoms with Gasteiger partial charge in [-0.25, -0.2) is 18.9 Å². The van der Waals surface area contributed by atoms with Crippen molar-refractivity contribution < 1.29 is 13.9 Å². The van der Waals surface area contributed by atoms with Gasteiger partial charge in [0.2, 0.25) is 5.95 Å². The predicted molar refractivity (Wildman–Crippen MR) is 124 cm³/mol. The number of anilines is 2. The third-order valence-corrected chi connectivity index (χ3v) is 5.91. The van der Waals surface area contributed by atoms with Gasteiger partial charge in [-0.3, -0.25) is 0 Å². The molecule has 0 aliphatic heterocycles. The van der Waals surface area contributed by atoms with E-state index in [1.807, 2.05) is 4.68 Å². The average Bonchev–Trinajstić information content (AvgIpc) is 3.17. The number of aromatic nitrogens is 4. The van der Waals surface area contributed by atoms with E-state index in [0.717, 1.165) is 61.7 Å². The summed E-state index contributed by atoms with van der Waals surface area (Å²) in [6, 6.07) is 6.50. The van der Waals surface area contributed by atoms with E-state index in [2.05, 4.69) is 22.5 Å². The highest BCUT2D eigenvalue weighted by molar-refractivity contribution is 5.87. The molecular formula is C23H30FN7O2. The summed E-state index contributed by atoms with van der Waals surface area (Å²) in [5, 5.41) is 12.3. The standard InChI is InChI=1S/C23H30FN7O2/c1-2-3-12-26-23-28-14-19-20(27-13-15-4-6-16(24)7-5-15)30-31(21(19)29-23)17-8-10-18(11-9-17)33-22(25)32/h4-7,14,17-18H,2-3,8-13H2,1H3,(H2,25,32)(H,27,30)(H,26,28,29). The van der Waals surface area contributed by atoms with Gasteiger partial charge < -0.3 is 21.1 Å². The summed E-state index contributed by atoms with van der Waals surface area (Å²) in [5.74, 6) is 0.999. The Bertz CT molecular complexity index is 1080. The molecule has 3 aromatic rings. The Labute approximate surface area is 191 Å². The van der Waals surface area contributed by atoms with Gasteiger partial charge in [0.05, 0.1) is 11.4 Å². The summed E-state index contributed by atoms with van der Waals surface area (Å²) in [7, 11) is 0. The number of benzene rings is 1. The minimum absolute atomic E-state index is 0.125. The summed E-state index contributed by atoms with van der Waals surface area (Å²) in [5.41, 5.74) is 6.87. The lowest BCUT2D eigenvalue weighted by Crippen LogP contribution is -2.28. The first-order valence-electron chi connectivity index (χ1n) is 11.5. The largest absolute Gasteiger partial charge is 0.446 e. The molecule has 1 aromatic carbocycles. The zero-order chi connectivity index (χ0) is 23.2. The van der Waals surface area contributed by atoms with Crippen molar-refractivity contribution >= 4 is 28.9 Å². The molecule has 0 radical (unpaired) electrons. The number of hydrogen-bond donors (Lipinski definition) is 3. The molecule has 4 rings (SSSR count). The normalized spacial score (nSPS) is 18.2. The smallest absolute Gasteiger partial charge is 0.404 e. The van der Waals surface area contributed by atoms with Gasteiger partial charge in [-0.05, 0) is 49.8 Å². The van der Waals surface area contributed by atoms with Crippen molar-refractivity contribution in [3.8, 4) is 0 Å². The van der Waals surface area contributed by atoms with E-state index in [9.17, 15) is 9.18 Å². The molecule has 33 heavy (non-hydrogen) atoms.